The zero-order chi connectivity index (χ0) is 20.3. The molecule has 9 heteroatoms. The highest BCUT2D eigenvalue weighted by molar-refractivity contribution is 5.88. The van der Waals surface area contributed by atoms with Crippen LogP contribution in [-0.4, -0.2) is 64.7 Å². The molecular weight excluding hydrogens is 360 g/mol. The average Bonchev–Trinajstić information content (AvgIpc) is 3.20. The van der Waals surface area contributed by atoms with E-state index in [2.05, 4.69) is 20.6 Å². The third-order valence-electron chi connectivity index (χ3n) is 4.93. The molecule has 0 saturated carbocycles. The van der Waals surface area contributed by atoms with E-state index in [0.29, 0.717) is 5.82 Å². The fourth-order valence-corrected chi connectivity index (χ4v) is 3.32. The molecule has 152 valence electrons. The summed E-state index contributed by atoms with van der Waals surface area (Å²) >= 11 is 0. The molecule has 3 rings (SSSR count). The molecule has 0 bridgehead atoms. The number of hydrogen-bond donors (Lipinski definition) is 2. The number of aromatic nitrogens is 2. The molecule has 1 saturated heterocycles. The lowest BCUT2D eigenvalue weighted by atomic mass is 10.1. The van der Waals surface area contributed by atoms with Crippen molar-refractivity contribution in [3.05, 3.63) is 35.4 Å². The minimum Gasteiger partial charge on any atom is -0.466 e. The predicted octanol–water partition coefficient (Wildman–Crippen LogP) is 1.75. The number of carbonyl (C=O) groups is 2. The summed E-state index contributed by atoms with van der Waals surface area (Å²) < 4.78 is 7.05. The molecule has 2 N–H and O–H groups in total. The summed E-state index contributed by atoms with van der Waals surface area (Å²) in [5.74, 6) is 2.03. The van der Waals surface area contributed by atoms with Gasteiger partial charge in [0.15, 0.2) is 5.82 Å². The second-order valence-electron chi connectivity index (χ2n) is 7.27. The monoisotopic (exact) mass is 388 g/mol. The molecular formula is C19H28N6O3. The summed E-state index contributed by atoms with van der Waals surface area (Å²) in [5.41, 5.74) is 0.941. The SMILES string of the molecule is Cc1cc([C@@H](C)NC(=O)Nc2ccn(CC(=O)N3CCN(C)CC3)n2)c(C)o1. The maximum atomic E-state index is 12.4. The van der Waals surface area contributed by atoms with Crippen LogP contribution in [0.5, 0.6) is 0 Å². The van der Waals surface area contributed by atoms with Gasteiger partial charge in [-0.05, 0) is 33.9 Å². The van der Waals surface area contributed by atoms with Crippen LogP contribution in [0.3, 0.4) is 0 Å². The van der Waals surface area contributed by atoms with E-state index in [9.17, 15) is 9.59 Å². The molecule has 0 radical (unpaired) electrons. The Hall–Kier alpha value is -2.81. The summed E-state index contributed by atoms with van der Waals surface area (Å²) in [7, 11) is 2.05. The third kappa shape index (κ3) is 4.92. The molecule has 0 spiro atoms. The molecule has 1 fully saturated rings. The number of anilines is 1. The van der Waals surface area contributed by atoms with Crippen LogP contribution in [0.25, 0.3) is 0 Å². The number of furan rings is 1. The van der Waals surface area contributed by atoms with Crippen LogP contribution in [-0.2, 0) is 11.3 Å². The zero-order valence-electron chi connectivity index (χ0n) is 16.9. The highest BCUT2D eigenvalue weighted by Crippen LogP contribution is 2.21. The second-order valence-corrected chi connectivity index (χ2v) is 7.27. The standard InChI is InChI=1S/C19H28N6O3/c1-13-11-16(15(3)28-13)14(2)20-19(27)21-17-5-6-25(22-17)12-18(26)24-9-7-23(4)8-10-24/h5-6,11,14H,7-10,12H2,1-4H3,(H2,20,21,22,27)/t14-/m1/s1. The topological polar surface area (TPSA) is 95.6 Å². The fraction of sp³-hybridized carbons (Fsp3) is 0.526. The van der Waals surface area contributed by atoms with Gasteiger partial charge in [-0.2, -0.15) is 5.10 Å². The number of hydrogen-bond acceptors (Lipinski definition) is 5. The molecule has 0 aromatic carbocycles. The second kappa shape index (κ2) is 8.47. The zero-order valence-corrected chi connectivity index (χ0v) is 16.9. The normalized spacial score (nSPS) is 16.1. The number of amides is 3. The van der Waals surface area contributed by atoms with Crippen molar-refractivity contribution >= 4 is 17.8 Å². The van der Waals surface area contributed by atoms with Crippen molar-refractivity contribution in [3.8, 4) is 0 Å². The quantitative estimate of drug-likeness (QED) is 0.814. The first-order chi connectivity index (χ1) is 13.3. The van der Waals surface area contributed by atoms with Crippen molar-refractivity contribution in [2.45, 2.75) is 33.4 Å². The molecule has 1 aliphatic heterocycles. The Labute approximate surface area is 164 Å². The molecule has 28 heavy (non-hydrogen) atoms. The number of aryl methyl sites for hydroxylation is 2. The smallest absolute Gasteiger partial charge is 0.320 e. The largest absolute Gasteiger partial charge is 0.466 e. The van der Waals surface area contributed by atoms with E-state index in [1.807, 2.05) is 38.8 Å². The maximum absolute atomic E-state index is 12.4. The number of likely N-dealkylation sites (N-methyl/N-ethyl adjacent to an activating group) is 1. The Morgan fingerprint density at radius 2 is 1.96 bits per heavy atom. The number of urea groups is 1. The average molecular weight is 388 g/mol. The molecule has 0 unspecified atom stereocenters. The number of carbonyl (C=O) groups excluding carboxylic acids is 2. The van der Waals surface area contributed by atoms with E-state index in [1.54, 1.807) is 16.9 Å². The minimum absolute atomic E-state index is 0.0339. The molecule has 9 nitrogen and oxygen atoms in total. The number of piperazine rings is 1. The van der Waals surface area contributed by atoms with Gasteiger partial charge in [-0.3, -0.25) is 14.8 Å². The van der Waals surface area contributed by atoms with Crippen molar-refractivity contribution in [1.29, 1.82) is 0 Å². The van der Waals surface area contributed by atoms with Crippen LogP contribution in [0.15, 0.2) is 22.7 Å². The molecule has 2 aromatic heterocycles. The lowest BCUT2D eigenvalue weighted by Crippen LogP contribution is -2.48. The van der Waals surface area contributed by atoms with E-state index < -0.39 is 0 Å². The van der Waals surface area contributed by atoms with E-state index >= 15 is 0 Å². The van der Waals surface area contributed by atoms with Gasteiger partial charge in [0.1, 0.15) is 18.1 Å². The Kier molecular flexibility index (Phi) is 6.03. The number of rotatable bonds is 5. The van der Waals surface area contributed by atoms with Crippen LogP contribution < -0.4 is 10.6 Å². The van der Waals surface area contributed by atoms with Gasteiger partial charge in [0.05, 0.1) is 6.04 Å². The van der Waals surface area contributed by atoms with Crippen molar-refractivity contribution in [2.24, 2.45) is 0 Å². The van der Waals surface area contributed by atoms with E-state index in [4.69, 9.17) is 4.42 Å². The molecule has 1 atom stereocenters. The number of nitrogens with zero attached hydrogens (tertiary/aromatic N) is 4. The highest BCUT2D eigenvalue weighted by Gasteiger charge is 2.20. The van der Waals surface area contributed by atoms with Crippen LogP contribution in [0, 0.1) is 13.8 Å². The first-order valence-corrected chi connectivity index (χ1v) is 9.46. The van der Waals surface area contributed by atoms with Crippen LogP contribution >= 0.6 is 0 Å². The Balaban J connectivity index is 1.50. The fourth-order valence-electron chi connectivity index (χ4n) is 3.32. The Morgan fingerprint density at radius 3 is 2.61 bits per heavy atom. The van der Waals surface area contributed by atoms with Crippen LogP contribution in [0.2, 0.25) is 0 Å². The van der Waals surface area contributed by atoms with Gasteiger partial charge < -0.3 is 19.5 Å². The summed E-state index contributed by atoms with van der Waals surface area (Å²) in [4.78, 5) is 28.7. The lowest BCUT2D eigenvalue weighted by molar-refractivity contribution is -0.133. The Bertz CT molecular complexity index is 835. The summed E-state index contributed by atoms with van der Waals surface area (Å²) in [5, 5.41) is 9.84. The van der Waals surface area contributed by atoms with Crippen molar-refractivity contribution in [2.75, 3.05) is 38.5 Å². The van der Waals surface area contributed by atoms with Gasteiger partial charge in [-0.1, -0.05) is 0 Å². The summed E-state index contributed by atoms with van der Waals surface area (Å²) in [6.07, 6.45) is 1.69. The molecule has 1 aliphatic rings. The van der Waals surface area contributed by atoms with Gasteiger partial charge >= 0.3 is 6.03 Å². The van der Waals surface area contributed by atoms with Gasteiger partial charge in [0.2, 0.25) is 5.91 Å². The van der Waals surface area contributed by atoms with Gasteiger partial charge in [-0.25, -0.2) is 4.79 Å². The molecule has 3 amide bonds. The minimum atomic E-state index is -0.360. The summed E-state index contributed by atoms with van der Waals surface area (Å²) in [6, 6.07) is 3.04. The molecule has 0 aliphatic carbocycles. The van der Waals surface area contributed by atoms with Crippen molar-refractivity contribution in [1.82, 2.24) is 24.9 Å². The first kappa shape index (κ1) is 19.9. The van der Waals surface area contributed by atoms with E-state index in [1.165, 1.54) is 0 Å². The van der Waals surface area contributed by atoms with Gasteiger partial charge in [0, 0.05) is 44.0 Å². The van der Waals surface area contributed by atoms with Crippen LogP contribution in [0.4, 0.5) is 10.6 Å². The Morgan fingerprint density at radius 1 is 1.25 bits per heavy atom. The van der Waals surface area contributed by atoms with Gasteiger partial charge in [-0.15, -0.1) is 0 Å². The van der Waals surface area contributed by atoms with E-state index in [-0.39, 0.29) is 24.5 Å². The predicted molar refractivity (Wildman–Crippen MR) is 105 cm³/mol. The van der Waals surface area contributed by atoms with Crippen molar-refractivity contribution in [3.63, 3.8) is 0 Å². The molecule has 2 aromatic rings. The maximum Gasteiger partial charge on any atom is 0.320 e. The van der Waals surface area contributed by atoms with Gasteiger partial charge in [0.25, 0.3) is 0 Å². The lowest BCUT2D eigenvalue weighted by Gasteiger charge is -2.32. The van der Waals surface area contributed by atoms with E-state index in [0.717, 1.165) is 43.3 Å². The third-order valence-corrected chi connectivity index (χ3v) is 4.93. The molecule has 3 heterocycles. The van der Waals surface area contributed by atoms with Crippen molar-refractivity contribution < 1.29 is 14.0 Å². The highest BCUT2D eigenvalue weighted by atomic mass is 16.3. The summed E-state index contributed by atoms with van der Waals surface area (Å²) in [6.45, 7) is 9.03. The van der Waals surface area contributed by atoms with Crippen LogP contribution in [0.1, 0.15) is 30.0 Å². The first-order valence-electron chi connectivity index (χ1n) is 9.46. The number of nitrogens with one attached hydrogen (secondary N) is 2.